The van der Waals surface area contributed by atoms with Crippen molar-refractivity contribution in [3.63, 3.8) is 0 Å². The van der Waals surface area contributed by atoms with Gasteiger partial charge in [0.15, 0.2) is 0 Å². The first-order valence-electron chi connectivity index (χ1n) is 3.54. The number of carbonyl (C=O) groups excluding carboxylic acids is 1. The number of rotatable bonds is 6. The molecule has 0 aromatic rings. The highest BCUT2D eigenvalue weighted by atomic mass is 32.2. The average Bonchev–Trinajstić information content (AvgIpc) is 1.96. The second-order valence-corrected chi connectivity index (χ2v) is 3.91. The average molecular weight is 196 g/mol. The Morgan fingerprint density at radius 3 is 2.50 bits per heavy atom. The fraction of sp³-hybridized carbons (Fsp3) is 0.833. The Labute approximate surface area is 71.5 Å². The lowest BCUT2D eigenvalue weighted by Gasteiger charge is -2.10. The molecule has 0 amide bonds. The minimum atomic E-state index is -3.94. The summed E-state index contributed by atoms with van der Waals surface area (Å²) in [6, 6.07) is 0. The Morgan fingerprint density at radius 2 is 2.17 bits per heavy atom. The molecular formula is C6H12O5S. The maximum atomic E-state index is 10.3. The van der Waals surface area contributed by atoms with Crippen LogP contribution in [0.2, 0.25) is 0 Å². The molecule has 0 heterocycles. The van der Waals surface area contributed by atoms with Crippen LogP contribution in [0, 0.1) is 0 Å². The first-order chi connectivity index (χ1) is 5.49. The van der Waals surface area contributed by atoms with Crippen molar-refractivity contribution in [3.8, 4) is 0 Å². The standard InChI is InChI=1S/C6H12O5S/c1-2-6(11-5-7)3-4-12(8,9)10/h5-6H,2-4H2,1H3,(H,8,9,10). The minimum Gasteiger partial charge on any atom is -0.465 e. The van der Waals surface area contributed by atoms with E-state index in [1.54, 1.807) is 6.92 Å². The molecule has 0 aromatic heterocycles. The molecule has 6 heteroatoms. The van der Waals surface area contributed by atoms with Crippen molar-refractivity contribution in [1.82, 2.24) is 0 Å². The van der Waals surface area contributed by atoms with Gasteiger partial charge in [0.05, 0.1) is 5.75 Å². The monoisotopic (exact) mass is 196 g/mol. The van der Waals surface area contributed by atoms with Crippen molar-refractivity contribution >= 4 is 16.6 Å². The van der Waals surface area contributed by atoms with Crippen LogP contribution in [0.1, 0.15) is 19.8 Å². The smallest absolute Gasteiger partial charge is 0.293 e. The summed E-state index contributed by atoms with van der Waals surface area (Å²) < 4.78 is 33.4. The van der Waals surface area contributed by atoms with E-state index >= 15 is 0 Å². The Bertz CT molecular complexity index is 220. The van der Waals surface area contributed by atoms with E-state index in [1.165, 1.54) is 0 Å². The lowest BCUT2D eigenvalue weighted by Crippen LogP contribution is -2.16. The lowest BCUT2D eigenvalue weighted by molar-refractivity contribution is -0.133. The van der Waals surface area contributed by atoms with E-state index in [2.05, 4.69) is 4.74 Å². The molecule has 1 atom stereocenters. The molecule has 0 rings (SSSR count). The van der Waals surface area contributed by atoms with E-state index in [1.807, 2.05) is 0 Å². The van der Waals surface area contributed by atoms with Gasteiger partial charge in [-0.15, -0.1) is 0 Å². The van der Waals surface area contributed by atoms with Crippen LogP contribution in [0.5, 0.6) is 0 Å². The van der Waals surface area contributed by atoms with Gasteiger partial charge < -0.3 is 4.74 Å². The molecule has 5 nitrogen and oxygen atoms in total. The zero-order valence-corrected chi connectivity index (χ0v) is 7.58. The Kier molecular flexibility index (Phi) is 4.84. The molecule has 0 aliphatic carbocycles. The van der Waals surface area contributed by atoms with Crippen molar-refractivity contribution < 1.29 is 22.5 Å². The van der Waals surface area contributed by atoms with Crippen LogP contribution >= 0.6 is 0 Å². The van der Waals surface area contributed by atoms with E-state index in [4.69, 9.17) is 4.55 Å². The van der Waals surface area contributed by atoms with E-state index in [-0.39, 0.29) is 18.6 Å². The molecule has 0 fully saturated rings. The SMILES string of the molecule is CCC(CCS(=O)(=O)O)OC=O. The zero-order valence-electron chi connectivity index (χ0n) is 6.76. The largest absolute Gasteiger partial charge is 0.465 e. The molecule has 0 radical (unpaired) electrons. The Morgan fingerprint density at radius 1 is 1.58 bits per heavy atom. The number of carbonyl (C=O) groups is 1. The highest BCUT2D eigenvalue weighted by Gasteiger charge is 2.11. The predicted molar refractivity (Wildman–Crippen MR) is 42.3 cm³/mol. The van der Waals surface area contributed by atoms with Gasteiger partial charge in [0, 0.05) is 6.42 Å². The molecule has 1 N–H and O–H groups in total. The van der Waals surface area contributed by atoms with Crippen molar-refractivity contribution in [2.75, 3.05) is 5.75 Å². The van der Waals surface area contributed by atoms with Crippen LogP contribution in [0.15, 0.2) is 0 Å². The molecule has 0 aliphatic heterocycles. The van der Waals surface area contributed by atoms with Crippen LogP contribution < -0.4 is 0 Å². The summed E-state index contributed by atoms with van der Waals surface area (Å²) in [5.41, 5.74) is 0. The first-order valence-corrected chi connectivity index (χ1v) is 5.14. The molecule has 0 bridgehead atoms. The molecule has 0 aliphatic rings. The third-order valence-electron chi connectivity index (χ3n) is 1.40. The molecule has 0 saturated heterocycles. The fourth-order valence-electron chi connectivity index (χ4n) is 0.727. The lowest BCUT2D eigenvalue weighted by atomic mass is 10.2. The highest BCUT2D eigenvalue weighted by molar-refractivity contribution is 7.85. The summed E-state index contributed by atoms with van der Waals surface area (Å²) in [7, 11) is -3.94. The van der Waals surface area contributed by atoms with Gasteiger partial charge in [-0.1, -0.05) is 6.92 Å². The molecular weight excluding hydrogens is 184 g/mol. The maximum Gasteiger partial charge on any atom is 0.293 e. The highest BCUT2D eigenvalue weighted by Crippen LogP contribution is 2.03. The van der Waals surface area contributed by atoms with E-state index < -0.39 is 16.2 Å². The van der Waals surface area contributed by atoms with Gasteiger partial charge in [-0.3, -0.25) is 9.35 Å². The maximum absolute atomic E-state index is 10.3. The molecule has 1 unspecified atom stereocenters. The third kappa shape index (κ3) is 6.11. The van der Waals surface area contributed by atoms with Crippen LogP contribution in [0.4, 0.5) is 0 Å². The molecule has 0 aromatic carbocycles. The number of hydrogen-bond donors (Lipinski definition) is 1. The normalized spacial score (nSPS) is 13.8. The predicted octanol–water partition coefficient (Wildman–Crippen LogP) is 0.216. The van der Waals surface area contributed by atoms with Gasteiger partial charge in [0.1, 0.15) is 6.10 Å². The van der Waals surface area contributed by atoms with E-state index in [0.717, 1.165) is 0 Å². The van der Waals surface area contributed by atoms with Gasteiger partial charge in [-0.05, 0) is 6.42 Å². The molecule has 0 saturated carbocycles. The fourth-order valence-corrected chi connectivity index (χ4v) is 1.29. The zero-order chi connectivity index (χ0) is 9.61. The Hall–Kier alpha value is -0.620. The second kappa shape index (κ2) is 5.10. The number of ether oxygens (including phenoxy) is 1. The van der Waals surface area contributed by atoms with Crippen molar-refractivity contribution in [2.45, 2.75) is 25.9 Å². The van der Waals surface area contributed by atoms with Crippen molar-refractivity contribution in [1.29, 1.82) is 0 Å². The summed E-state index contributed by atoms with van der Waals surface area (Å²) in [4.78, 5) is 9.86. The van der Waals surface area contributed by atoms with Gasteiger partial charge in [-0.25, -0.2) is 0 Å². The van der Waals surface area contributed by atoms with E-state index in [9.17, 15) is 13.2 Å². The first kappa shape index (κ1) is 11.4. The molecule has 0 spiro atoms. The van der Waals surface area contributed by atoms with Crippen LogP contribution in [-0.2, 0) is 19.6 Å². The summed E-state index contributed by atoms with van der Waals surface area (Å²) in [6.07, 6.45) is 0.243. The minimum absolute atomic E-state index is 0.133. The summed E-state index contributed by atoms with van der Waals surface area (Å²) in [5.74, 6) is -0.376. The van der Waals surface area contributed by atoms with Crippen LogP contribution in [-0.4, -0.2) is 31.3 Å². The van der Waals surface area contributed by atoms with Crippen LogP contribution in [0.3, 0.4) is 0 Å². The van der Waals surface area contributed by atoms with E-state index in [0.29, 0.717) is 6.42 Å². The van der Waals surface area contributed by atoms with Gasteiger partial charge in [0.25, 0.3) is 16.6 Å². The summed E-state index contributed by atoms with van der Waals surface area (Å²) >= 11 is 0. The van der Waals surface area contributed by atoms with Gasteiger partial charge in [-0.2, -0.15) is 8.42 Å². The van der Waals surface area contributed by atoms with Gasteiger partial charge >= 0.3 is 0 Å². The summed E-state index contributed by atoms with van der Waals surface area (Å²) in [6.45, 7) is 2.04. The second-order valence-electron chi connectivity index (χ2n) is 2.34. The quantitative estimate of drug-likeness (QED) is 0.485. The number of hydrogen-bond acceptors (Lipinski definition) is 4. The van der Waals surface area contributed by atoms with Gasteiger partial charge in [0.2, 0.25) is 0 Å². The van der Waals surface area contributed by atoms with Crippen molar-refractivity contribution in [2.24, 2.45) is 0 Å². The Balaban J connectivity index is 3.80. The molecule has 12 heavy (non-hydrogen) atoms. The van der Waals surface area contributed by atoms with Crippen LogP contribution in [0.25, 0.3) is 0 Å². The molecule has 72 valence electrons. The summed E-state index contributed by atoms with van der Waals surface area (Å²) in [5, 5.41) is 0. The van der Waals surface area contributed by atoms with Crippen molar-refractivity contribution in [3.05, 3.63) is 0 Å². The third-order valence-corrected chi connectivity index (χ3v) is 2.15. The topological polar surface area (TPSA) is 80.7 Å².